The quantitative estimate of drug-likeness (QED) is 0.281. The Kier molecular flexibility index (Phi) is 8.89. The number of nitrogens with two attached hydrogens (primary N) is 1. The zero-order valence-corrected chi connectivity index (χ0v) is 24.5. The van der Waals surface area contributed by atoms with Crippen molar-refractivity contribution in [1.29, 1.82) is 0 Å². The summed E-state index contributed by atoms with van der Waals surface area (Å²) in [7, 11) is 0. The Bertz CT molecular complexity index is 1550. The number of anilines is 2. The van der Waals surface area contributed by atoms with Crippen LogP contribution in [0.4, 0.5) is 24.9 Å². The van der Waals surface area contributed by atoms with E-state index in [9.17, 15) is 27.9 Å². The normalized spacial score (nSPS) is 18.7. The number of aliphatic carboxylic acids is 1. The van der Waals surface area contributed by atoms with Crippen molar-refractivity contribution >= 4 is 35.3 Å². The van der Waals surface area contributed by atoms with Crippen LogP contribution in [-0.4, -0.2) is 65.5 Å². The van der Waals surface area contributed by atoms with Crippen molar-refractivity contribution in [1.82, 2.24) is 15.3 Å². The number of benzene rings is 2. The van der Waals surface area contributed by atoms with E-state index in [1.54, 1.807) is 19.1 Å². The Labute approximate surface area is 256 Å². The molecule has 5 rings (SSSR count). The van der Waals surface area contributed by atoms with Gasteiger partial charge < -0.3 is 30.5 Å². The lowest BCUT2D eigenvalue weighted by Crippen LogP contribution is -2.41. The summed E-state index contributed by atoms with van der Waals surface area (Å²) >= 11 is 6.20. The molecule has 2 saturated heterocycles. The van der Waals surface area contributed by atoms with Crippen LogP contribution in [0.1, 0.15) is 48.2 Å². The van der Waals surface area contributed by atoms with Gasteiger partial charge in [0.15, 0.2) is 0 Å². The summed E-state index contributed by atoms with van der Waals surface area (Å²) in [6.07, 6.45) is -5.49. The number of nitrogens with one attached hydrogen (secondary N) is 1. The topological polar surface area (TPSA) is 140 Å². The minimum atomic E-state index is -4.88. The summed E-state index contributed by atoms with van der Waals surface area (Å²) in [6, 6.07) is 10.7. The number of carboxylic acids is 1. The second-order valence-electron chi connectivity index (χ2n) is 11.0. The lowest BCUT2D eigenvalue weighted by molar-refractivity contribution is -0.198. The lowest BCUT2D eigenvalue weighted by atomic mass is 9.76. The van der Waals surface area contributed by atoms with Crippen molar-refractivity contribution in [2.45, 2.75) is 44.5 Å². The van der Waals surface area contributed by atoms with E-state index in [1.165, 1.54) is 36.4 Å². The van der Waals surface area contributed by atoms with Crippen LogP contribution < -0.4 is 20.7 Å². The van der Waals surface area contributed by atoms with Crippen LogP contribution in [-0.2, 0) is 9.53 Å². The monoisotopic (exact) mass is 633 g/mol. The van der Waals surface area contributed by atoms with Crippen molar-refractivity contribution < 1.29 is 37.3 Å². The highest BCUT2D eigenvalue weighted by Crippen LogP contribution is 2.43. The number of alkyl halides is 3. The molecule has 2 aliphatic rings. The number of rotatable bonds is 8. The number of piperidine rings is 1. The predicted octanol–water partition coefficient (Wildman–Crippen LogP) is 5.27. The molecule has 4 N–H and O–H groups in total. The van der Waals surface area contributed by atoms with Gasteiger partial charge in [0, 0.05) is 36.3 Å². The Balaban J connectivity index is 1.42. The largest absolute Gasteiger partial charge is 0.480 e. The van der Waals surface area contributed by atoms with E-state index in [0.29, 0.717) is 50.3 Å². The first-order valence-corrected chi connectivity index (χ1v) is 14.4. The number of halogens is 4. The molecule has 234 valence electrons. The fourth-order valence-electron chi connectivity index (χ4n) is 5.80. The summed E-state index contributed by atoms with van der Waals surface area (Å²) in [5, 5.41) is 12.6. The average molecular weight is 634 g/mol. The van der Waals surface area contributed by atoms with Crippen LogP contribution in [0.3, 0.4) is 0 Å². The molecule has 3 aromatic rings. The number of esters is 1. The number of hydrogen-bond acceptors (Lipinski definition) is 9. The molecule has 14 heteroatoms. The van der Waals surface area contributed by atoms with E-state index in [0.717, 1.165) is 0 Å². The van der Waals surface area contributed by atoms with Gasteiger partial charge in [-0.15, -0.1) is 0 Å². The maximum atomic E-state index is 14.6. The number of carbonyl (C=O) groups excluding carboxylic acids is 1. The standard InChI is InChI=1S/C30H31ClF3N5O5/c1-2-43-27(42)18-5-3-4-17(12-18)21-13-19(31)6-7-20(21)25(30(32,33)34)44-24-14-23(37-28(35)38-24)39-10-8-29(9-11-39)15-22(26(40)41)36-16-29/h3-7,12-14,22,25,36H,2,8-11,15-16H2,1H3,(H,40,41)(H2,35,37,38)/t22-,25+/m0/s1. The lowest BCUT2D eigenvalue weighted by Gasteiger charge is -2.39. The van der Waals surface area contributed by atoms with E-state index in [2.05, 4.69) is 15.3 Å². The number of hydrogen-bond donors (Lipinski definition) is 3. The Morgan fingerprint density at radius 3 is 2.59 bits per heavy atom. The molecule has 0 aliphatic carbocycles. The van der Waals surface area contributed by atoms with Gasteiger partial charge in [-0.1, -0.05) is 29.8 Å². The van der Waals surface area contributed by atoms with Crippen molar-refractivity contribution in [3.05, 3.63) is 64.7 Å². The summed E-state index contributed by atoms with van der Waals surface area (Å²) in [4.78, 5) is 33.8. The molecular weight excluding hydrogens is 603 g/mol. The van der Waals surface area contributed by atoms with E-state index >= 15 is 0 Å². The smallest absolute Gasteiger partial charge is 0.429 e. The summed E-state index contributed by atoms with van der Waals surface area (Å²) in [5.41, 5.74) is 6.09. The fraction of sp³-hybridized carbons (Fsp3) is 0.400. The van der Waals surface area contributed by atoms with Gasteiger partial charge in [-0.3, -0.25) is 4.79 Å². The third-order valence-electron chi connectivity index (χ3n) is 8.03. The number of aromatic nitrogens is 2. The second kappa shape index (κ2) is 12.5. The molecule has 10 nitrogen and oxygen atoms in total. The van der Waals surface area contributed by atoms with E-state index in [1.807, 2.05) is 4.90 Å². The summed E-state index contributed by atoms with van der Waals surface area (Å²) in [6.45, 7) is 3.38. The van der Waals surface area contributed by atoms with Gasteiger partial charge in [-0.2, -0.15) is 23.1 Å². The maximum absolute atomic E-state index is 14.6. The van der Waals surface area contributed by atoms with Crippen molar-refractivity contribution in [3.63, 3.8) is 0 Å². The van der Waals surface area contributed by atoms with E-state index in [-0.39, 0.29) is 45.6 Å². The third kappa shape index (κ3) is 6.83. The molecule has 0 unspecified atom stereocenters. The molecule has 0 saturated carbocycles. The van der Waals surface area contributed by atoms with E-state index < -0.39 is 30.3 Å². The SMILES string of the molecule is CCOC(=O)c1cccc(-c2cc(Cl)ccc2[C@@H](Oc2cc(N3CCC4(CC3)CN[C@H](C(=O)O)C4)nc(N)n2)C(F)(F)F)c1. The van der Waals surface area contributed by atoms with Gasteiger partial charge in [-0.25, -0.2) is 4.79 Å². The molecule has 2 aliphatic heterocycles. The Morgan fingerprint density at radius 1 is 1.18 bits per heavy atom. The molecular formula is C30H31ClF3N5O5. The number of carboxylic acid groups (broad SMARTS) is 1. The molecule has 0 radical (unpaired) electrons. The molecule has 44 heavy (non-hydrogen) atoms. The van der Waals surface area contributed by atoms with Gasteiger partial charge in [0.25, 0.3) is 0 Å². The van der Waals surface area contributed by atoms with Crippen LogP contribution in [0.15, 0.2) is 48.5 Å². The predicted molar refractivity (Wildman–Crippen MR) is 157 cm³/mol. The third-order valence-corrected chi connectivity index (χ3v) is 8.27. The molecule has 1 aromatic heterocycles. The van der Waals surface area contributed by atoms with Gasteiger partial charge in [0.2, 0.25) is 17.9 Å². The van der Waals surface area contributed by atoms with E-state index in [4.69, 9.17) is 26.8 Å². The molecule has 2 aromatic carbocycles. The summed E-state index contributed by atoms with van der Waals surface area (Å²) in [5.74, 6) is -1.82. The van der Waals surface area contributed by atoms with Crippen molar-refractivity contribution in [2.24, 2.45) is 5.41 Å². The minimum absolute atomic E-state index is 0.111. The zero-order valence-electron chi connectivity index (χ0n) is 23.7. The van der Waals surface area contributed by atoms with Crippen molar-refractivity contribution in [2.75, 3.05) is 36.9 Å². The minimum Gasteiger partial charge on any atom is -0.480 e. The highest BCUT2D eigenvalue weighted by molar-refractivity contribution is 6.30. The molecule has 0 amide bonds. The van der Waals surface area contributed by atoms with Gasteiger partial charge in [0.1, 0.15) is 11.9 Å². The molecule has 2 fully saturated rings. The van der Waals surface area contributed by atoms with Crippen LogP contribution in [0, 0.1) is 5.41 Å². The Hall–Kier alpha value is -4.10. The maximum Gasteiger partial charge on any atom is 0.429 e. The van der Waals surface area contributed by atoms with Crippen LogP contribution in [0.25, 0.3) is 11.1 Å². The number of carbonyl (C=O) groups is 2. The number of ether oxygens (including phenoxy) is 2. The first-order chi connectivity index (χ1) is 20.9. The van der Waals surface area contributed by atoms with Crippen molar-refractivity contribution in [3.8, 4) is 17.0 Å². The average Bonchev–Trinajstić information content (AvgIpc) is 3.39. The zero-order chi connectivity index (χ0) is 31.6. The first kappa shape index (κ1) is 31.3. The highest BCUT2D eigenvalue weighted by Gasteiger charge is 2.46. The highest BCUT2D eigenvalue weighted by atomic mass is 35.5. The number of nitrogens with zero attached hydrogens (tertiary/aromatic N) is 3. The number of nitrogen functional groups attached to an aromatic ring is 1. The summed E-state index contributed by atoms with van der Waals surface area (Å²) < 4.78 is 54.5. The van der Waals surface area contributed by atoms with Crippen LogP contribution in [0.2, 0.25) is 5.02 Å². The molecule has 0 bridgehead atoms. The molecule has 2 atom stereocenters. The fourth-order valence-corrected chi connectivity index (χ4v) is 5.97. The second-order valence-corrected chi connectivity index (χ2v) is 11.4. The first-order valence-electron chi connectivity index (χ1n) is 14.0. The van der Waals surface area contributed by atoms with Gasteiger partial charge in [-0.05, 0) is 67.0 Å². The van der Waals surface area contributed by atoms with Gasteiger partial charge in [0.05, 0.1) is 12.2 Å². The van der Waals surface area contributed by atoms with Crippen LogP contribution in [0.5, 0.6) is 5.88 Å². The van der Waals surface area contributed by atoms with Gasteiger partial charge >= 0.3 is 18.1 Å². The Morgan fingerprint density at radius 2 is 1.93 bits per heavy atom. The molecule has 1 spiro atoms. The molecule has 3 heterocycles. The van der Waals surface area contributed by atoms with Crippen LogP contribution >= 0.6 is 11.6 Å².